The van der Waals surface area contributed by atoms with Crippen LogP contribution in [0.2, 0.25) is 0 Å². The molecule has 1 nitrogen and oxygen atoms in total. The van der Waals surface area contributed by atoms with Crippen molar-refractivity contribution in [3.63, 3.8) is 0 Å². The van der Waals surface area contributed by atoms with Gasteiger partial charge in [-0.1, -0.05) is 39.2 Å². The number of hydrogen-bond acceptors (Lipinski definition) is 1. The maximum Gasteiger partial charge on any atom is 0.129 e. The Labute approximate surface area is 120 Å². The first-order valence-corrected chi connectivity index (χ1v) is 7.69. The van der Waals surface area contributed by atoms with E-state index in [2.05, 4.69) is 19.2 Å². The third kappa shape index (κ3) is 3.78. The van der Waals surface area contributed by atoms with Gasteiger partial charge >= 0.3 is 0 Å². The largest absolute Gasteiger partial charge is 0.314 e. The molecule has 0 spiro atoms. The lowest BCUT2D eigenvalue weighted by Crippen LogP contribution is -2.40. The van der Waals surface area contributed by atoms with Gasteiger partial charge < -0.3 is 5.32 Å². The molecule has 1 N–H and O–H groups in total. The Kier molecular flexibility index (Phi) is 5.14. The minimum Gasteiger partial charge on any atom is -0.314 e. The van der Waals surface area contributed by atoms with Gasteiger partial charge in [0.2, 0.25) is 0 Å². The van der Waals surface area contributed by atoms with E-state index in [1.807, 2.05) is 0 Å². The van der Waals surface area contributed by atoms with Crippen molar-refractivity contribution in [1.82, 2.24) is 5.32 Å². The van der Waals surface area contributed by atoms with Crippen molar-refractivity contribution in [1.29, 1.82) is 0 Å². The molecule has 0 saturated heterocycles. The number of halogens is 2. The first-order valence-electron chi connectivity index (χ1n) is 7.69. The minimum atomic E-state index is -0.403. The molecule has 3 heteroatoms. The molecule has 1 fully saturated rings. The minimum absolute atomic E-state index is 0.00551. The smallest absolute Gasteiger partial charge is 0.129 e. The summed E-state index contributed by atoms with van der Waals surface area (Å²) in [5.74, 6) is -0.806. The summed E-state index contributed by atoms with van der Waals surface area (Å²) in [6, 6.07) is 4.57. The van der Waals surface area contributed by atoms with Gasteiger partial charge in [-0.15, -0.1) is 0 Å². The van der Waals surface area contributed by atoms with Crippen LogP contribution in [0.3, 0.4) is 0 Å². The van der Waals surface area contributed by atoms with Crippen molar-refractivity contribution in [3.05, 3.63) is 35.4 Å². The zero-order valence-electron chi connectivity index (χ0n) is 12.5. The number of benzene rings is 1. The van der Waals surface area contributed by atoms with Gasteiger partial charge in [-0.2, -0.15) is 0 Å². The zero-order chi connectivity index (χ0) is 14.6. The van der Waals surface area contributed by atoms with Crippen LogP contribution in [0.15, 0.2) is 18.2 Å². The molecule has 0 heterocycles. The molecule has 1 saturated carbocycles. The third-order valence-electron chi connectivity index (χ3n) is 4.41. The van der Waals surface area contributed by atoms with E-state index in [0.717, 1.165) is 32.2 Å². The second-order valence-corrected chi connectivity index (χ2v) is 6.47. The number of hydrogen-bond donors (Lipinski definition) is 1. The van der Waals surface area contributed by atoms with Gasteiger partial charge in [-0.25, -0.2) is 8.78 Å². The van der Waals surface area contributed by atoms with E-state index >= 15 is 0 Å². The molecule has 1 aromatic rings. The van der Waals surface area contributed by atoms with Gasteiger partial charge in [0.1, 0.15) is 11.6 Å². The molecule has 0 bridgehead atoms. The zero-order valence-corrected chi connectivity index (χ0v) is 12.5. The van der Waals surface area contributed by atoms with Crippen LogP contribution < -0.4 is 5.32 Å². The fourth-order valence-corrected chi connectivity index (χ4v) is 3.21. The molecule has 2 rings (SSSR count). The summed E-state index contributed by atoms with van der Waals surface area (Å²) in [5, 5.41) is 3.47. The van der Waals surface area contributed by atoms with Crippen molar-refractivity contribution < 1.29 is 8.78 Å². The average Bonchev–Trinajstić information content (AvgIpc) is 2.42. The van der Waals surface area contributed by atoms with E-state index in [4.69, 9.17) is 0 Å². The SMILES string of the molecule is CC(C)NCC1(Cc2c(F)cccc2F)CCCCC1. The van der Waals surface area contributed by atoms with Crippen molar-refractivity contribution in [3.8, 4) is 0 Å². The van der Waals surface area contributed by atoms with Gasteiger partial charge in [-0.3, -0.25) is 0 Å². The Morgan fingerprint density at radius 2 is 1.70 bits per heavy atom. The Morgan fingerprint density at radius 1 is 1.10 bits per heavy atom. The molecule has 1 aliphatic carbocycles. The molecular formula is C17H25F2N. The monoisotopic (exact) mass is 281 g/mol. The quantitative estimate of drug-likeness (QED) is 0.840. The predicted octanol–water partition coefficient (Wildman–Crippen LogP) is 4.46. The fourth-order valence-electron chi connectivity index (χ4n) is 3.21. The summed E-state index contributed by atoms with van der Waals surface area (Å²) >= 11 is 0. The number of nitrogens with one attached hydrogen (secondary N) is 1. The summed E-state index contributed by atoms with van der Waals surface area (Å²) in [6.07, 6.45) is 6.18. The molecule has 112 valence electrons. The highest BCUT2D eigenvalue weighted by Crippen LogP contribution is 2.39. The van der Waals surface area contributed by atoms with Crippen LogP contribution in [0.4, 0.5) is 8.78 Å². The van der Waals surface area contributed by atoms with E-state index in [0.29, 0.717) is 12.5 Å². The second kappa shape index (κ2) is 6.66. The summed E-state index contributed by atoms with van der Waals surface area (Å²) in [4.78, 5) is 0. The van der Waals surface area contributed by atoms with Crippen molar-refractivity contribution in [2.45, 2.75) is 58.4 Å². The average molecular weight is 281 g/mol. The van der Waals surface area contributed by atoms with Crippen LogP contribution in [0, 0.1) is 17.0 Å². The highest BCUT2D eigenvalue weighted by molar-refractivity contribution is 5.21. The molecule has 0 aromatic heterocycles. The summed E-state index contributed by atoms with van der Waals surface area (Å²) < 4.78 is 27.8. The van der Waals surface area contributed by atoms with Crippen molar-refractivity contribution >= 4 is 0 Å². The third-order valence-corrected chi connectivity index (χ3v) is 4.41. The lowest BCUT2D eigenvalue weighted by atomic mass is 9.70. The molecule has 1 aromatic carbocycles. The molecule has 0 amide bonds. The van der Waals surface area contributed by atoms with Gasteiger partial charge in [0.25, 0.3) is 0 Å². The van der Waals surface area contributed by atoms with Crippen LogP contribution in [0.1, 0.15) is 51.5 Å². The van der Waals surface area contributed by atoms with Crippen LogP contribution in [-0.4, -0.2) is 12.6 Å². The summed E-state index contributed by atoms with van der Waals surface area (Å²) in [6.45, 7) is 5.07. The predicted molar refractivity (Wildman–Crippen MR) is 78.7 cm³/mol. The first-order chi connectivity index (χ1) is 9.52. The molecule has 0 radical (unpaired) electrons. The summed E-state index contributed by atoms with van der Waals surface area (Å²) in [7, 11) is 0. The van der Waals surface area contributed by atoms with Crippen molar-refractivity contribution in [2.75, 3.05) is 6.54 Å². The maximum atomic E-state index is 13.9. The van der Waals surface area contributed by atoms with Crippen LogP contribution in [-0.2, 0) is 6.42 Å². The maximum absolute atomic E-state index is 13.9. The van der Waals surface area contributed by atoms with Gasteiger partial charge in [0, 0.05) is 18.2 Å². The Balaban J connectivity index is 2.18. The molecular weight excluding hydrogens is 256 g/mol. The highest BCUT2D eigenvalue weighted by Gasteiger charge is 2.33. The molecule has 20 heavy (non-hydrogen) atoms. The van der Waals surface area contributed by atoms with E-state index in [9.17, 15) is 8.78 Å². The van der Waals surface area contributed by atoms with Crippen LogP contribution in [0.25, 0.3) is 0 Å². The van der Waals surface area contributed by atoms with Crippen LogP contribution >= 0.6 is 0 Å². The Bertz CT molecular complexity index is 416. The second-order valence-electron chi connectivity index (χ2n) is 6.47. The van der Waals surface area contributed by atoms with Gasteiger partial charge in [0.15, 0.2) is 0 Å². The molecule has 0 atom stereocenters. The van der Waals surface area contributed by atoms with Gasteiger partial charge in [0.05, 0.1) is 0 Å². The Hall–Kier alpha value is -0.960. The normalized spacial score (nSPS) is 18.4. The van der Waals surface area contributed by atoms with E-state index in [1.165, 1.54) is 24.6 Å². The highest BCUT2D eigenvalue weighted by atomic mass is 19.1. The van der Waals surface area contributed by atoms with E-state index < -0.39 is 11.6 Å². The summed E-state index contributed by atoms with van der Waals surface area (Å²) in [5.41, 5.74) is 0.269. The van der Waals surface area contributed by atoms with Gasteiger partial charge in [-0.05, 0) is 36.8 Å². The van der Waals surface area contributed by atoms with Crippen LogP contribution in [0.5, 0.6) is 0 Å². The fraction of sp³-hybridized carbons (Fsp3) is 0.647. The Morgan fingerprint density at radius 3 is 2.25 bits per heavy atom. The van der Waals surface area contributed by atoms with E-state index in [-0.39, 0.29) is 11.0 Å². The number of rotatable bonds is 5. The topological polar surface area (TPSA) is 12.0 Å². The standard InChI is InChI=1S/C17H25F2N/c1-13(2)20-12-17(9-4-3-5-10-17)11-14-15(18)7-6-8-16(14)19/h6-8,13,20H,3-5,9-12H2,1-2H3. The lowest BCUT2D eigenvalue weighted by Gasteiger charge is -2.38. The molecule has 0 unspecified atom stereocenters. The molecule has 0 aliphatic heterocycles. The van der Waals surface area contributed by atoms with E-state index in [1.54, 1.807) is 0 Å². The first kappa shape index (κ1) is 15.4. The lowest BCUT2D eigenvalue weighted by molar-refractivity contribution is 0.173. The van der Waals surface area contributed by atoms with Crippen molar-refractivity contribution in [2.24, 2.45) is 5.41 Å². The molecule has 1 aliphatic rings.